The van der Waals surface area contributed by atoms with Crippen LogP contribution < -0.4 is 0 Å². The van der Waals surface area contributed by atoms with Crippen LogP contribution in [0.1, 0.15) is 39.5 Å². The molecule has 0 radical (unpaired) electrons. The molecule has 90 valence electrons. The summed E-state index contributed by atoms with van der Waals surface area (Å²) >= 11 is 0. The van der Waals surface area contributed by atoms with E-state index in [1.54, 1.807) is 0 Å². The molecule has 3 N–H and O–H groups in total. The van der Waals surface area contributed by atoms with Crippen LogP contribution in [0.25, 0.3) is 0 Å². The Kier molecular flexibility index (Phi) is 8.66. The molecular weight excluding hydrogens is 204 g/mol. The Labute approximate surface area is 97.5 Å². The van der Waals surface area contributed by atoms with E-state index in [1.165, 1.54) is 6.92 Å². The van der Waals surface area contributed by atoms with Crippen molar-refractivity contribution in [2.45, 2.75) is 57.8 Å². The molecule has 3 heteroatoms. The van der Waals surface area contributed by atoms with Gasteiger partial charge in [0.15, 0.2) is 0 Å². The van der Waals surface area contributed by atoms with Crippen LogP contribution in [0.2, 0.25) is 0 Å². The second-order valence-electron chi connectivity index (χ2n) is 3.74. The van der Waals surface area contributed by atoms with E-state index in [-0.39, 0.29) is 0 Å². The van der Waals surface area contributed by atoms with Gasteiger partial charge in [0.1, 0.15) is 12.2 Å². The van der Waals surface area contributed by atoms with Crippen molar-refractivity contribution in [2.75, 3.05) is 0 Å². The zero-order valence-electron chi connectivity index (χ0n) is 9.90. The quantitative estimate of drug-likeness (QED) is 0.475. The van der Waals surface area contributed by atoms with Crippen LogP contribution in [-0.4, -0.2) is 33.6 Å². The number of aliphatic hydroxyl groups is 3. The Morgan fingerprint density at radius 2 is 1.62 bits per heavy atom. The predicted octanol–water partition coefficient (Wildman–Crippen LogP) is 0.676. The lowest BCUT2D eigenvalue weighted by Gasteiger charge is -2.03. The van der Waals surface area contributed by atoms with Crippen molar-refractivity contribution >= 4 is 0 Å². The van der Waals surface area contributed by atoms with E-state index in [2.05, 4.69) is 30.6 Å². The van der Waals surface area contributed by atoms with E-state index in [0.29, 0.717) is 6.42 Å². The highest BCUT2D eigenvalue weighted by Gasteiger charge is 2.04. The van der Waals surface area contributed by atoms with Crippen LogP contribution in [0.15, 0.2) is 0 Å². The standard InChI is InChI=1S/C13H20O3/c1-3-4-5-8-12(15)9-6-7-10-13(16)11(2)14/h11-16H,3-5,8H2,1-2H3/t11-,12?,13+/m0/s1. The Balaban J connectivity index is 3.90. The molecule has 0 saturated carbocycles. The van der Waals surface area contributed by atoms with E-state index in [9.17, 15) is 5.11 Å². The molecule has 0 bridgehead atoms. The van der Waals surface area contributed by atoms with E-state index < -0.39 is 18.3 Å². The molecule has 3 nitrogen and oxygen atoms in total. The third-order valence-electron chi connectivity index (χ3n) is 2.06. The molecule has 0 aromatic heterocycles. The molecule has 0 aliphatic rings. The van der Waals surface area contributed by atoms with Gasteiger partial charge in [0.25, 0.3) is 0 Å². The maximum atomic E-state index is 9.40. The van der Waals surface area contributed by atoms with Crippen LogP contribution in [0.4, 0.5) is 0 Å². The summed E-state index contributed by atoms with van der Waals surface area (Å²) in [6.07, 6.45) is 1.20. The van der Waals surface area contributed by atoms with Crippen molar-refractivity contribution in [2.24, 2.45) is 0 Å². The predicted molar refractivity (Wildman–Crippen MR) is 63.4 cm³/mol. The van der Waals surface area contributed by atoms with Crippen molar-refractivity contribution in [3.8, 4) is 23.7 Å². The highest BCUT2D eigenvalue weighted by Crippen LogP contribution is 2.01. The van der Waals surface area contributed by atoms with Gasteiger partial charge in [-0.3, -0.25) is 0 Å². The summed E-state index contributed by atoms with van der Waals surface area (Å²) in [6.45, 7) is 3.55. The normalized spacial score (nSPS) is 15.1. The summed E-state index contributed by atoms with van der Waals surface area (Å²) in [5.41, 5.74) is 0. The number of rotatable bonds is 5. The topological polar surface area (TPSA) is 60.7 Å². The van der Waals surface area contributed by atoms with Crippen LogP contribution in [0.3, 0.4) is 0 Å². The molecule has 0 aliphatic carbocycles. The number of hydrogen-bond acceptors (Lipinski definition) is 3. The van der Waals surface area contributed by atoms with E-state index in [4.69, 9.17) is 10.2 Å². The minimum atomic E-state index is -1.08. The molecule has 0 spiro atoms. The van der Waals surface area contributed by atoms with Gasteiger partial charge in [0, 0.05) is 0 Å². The fourth-order valence-corrected chi connectivity index (χ4v) is 1.01. The minimum absolute atomic E-state index is 0.649. The summed E-state index contributed by atoms with van der Waals surface area (Å²) in [4.78, 5) is 0. The fraction of sp³-hybridized carbons (Fsp3) is 0.692. The van der Waals surface area contributed by atoms with Gasteiger partial charge in [-0.25, -0.2) is 0 Å². The molecule has 0 rings (SSSR count). The maximum Gasteiger partial charge on any atom is 0.141 e. The average molecular weight is 224 g/mol. The molecule has 0 saturated heterocycles. The van der Waals surface area contributed by atoms with Gasteiger partial charge in [0.05, 0.1) is 6.10 Å². The Bertz CT molecular complexity index is 288. The molecule has 0 fully saturated rings. The first kappa shape index (κ1) is 15.0. The van der Waals surface area contributed by atoms with E-state index >= 15 is 0 Å². The first-order valence-corrected chi connectivity index (χ1v) is 5.63. The maximum absolute atomic E-state index is 9.40. The van der Waals surface area contributed by atoms with Crippen molar-refractivity contribution in [1.29, 1.82) is 0 Å². The SMILES string of the molecule is CCCCCC(O)C#CC#C[C@@H](O)[C@H](C)O. The van der Waals surface area contributed by atoms with Gasteiger partial charge in [-0.1, -0.05) is 31.6 Å². The summed E-state index contributed by atoms with van der Waals surface area (Å²) in [7, 11) is 0. The minimum Gasteiger partial charge on any atom is -0.390 e. The zero-order valence-corrected chi connectivity index (χ0v) is 9.90. The molecular formula is C13H20O3. The van der Waals surface area contributed by atoms with Crippen LogP contribution in [0.5, 0.6) is 0 Å². The average Bonchev–Trinajstić information content (AvgIpc) is 2.24. The molecule has 0 aromatic carbocycles. The summed E-state index contributed by atoms with van der Waals surface area (Å²) in [5, 5.41) is 27.4. The lowest BCUT2D eigenvalue weighted by Crippen LogP contribution is -2.19. The molecule has 0 heterocycles. The van der Waals surface area contributed by atoms with Crippen LogP contribution in [0, 0.1) is 23.7 Å². The highest BCUT2D eigenvalue weighted by molar-refractivity contribution is 5.28. The number of unbranched alkanes of at least 4 members (excludes halogenated alkanes) is 2. The Morgan fingerprint density at radius 3 is 2.19 bits per heavy atom. The first-order valence-electron chi connectivity index (χ1n) is 5.63. The van der Waals surface area contributed by atoms with Gasteiger partial charge in [-0.15, -0.1) is 0 Å². The lowest BCUT2D eigenvalue weighted by atomic mass is 10.1. The molecule has 1 unspecified atom stereocenters. The second-order valence-corrected chi connectivity index (χ2v) is 3.74. The van der Waals surface area contributed by atoms with Gasteiger partial charge < -0.3 is 15.3 Å². The van der Waals surface area contributed by atoms with Gasteiger partial charge in [-0.2, -0.15) is 0 Å². The zero-order chi connectivity index (χ0) is 12.4. The molecule has 16 heavy (non-hydrogen) atoms. The summed E-state index contributed by atoms with van der Waals surface area (Å²) < 4.78 is 0. The highest BCUT2D eigenvalue weighted by atomic mass is 16.3. The number of hydrogen-bond donors (Lipinski definition) is 3. The van der Waals surface area contributed by atoms with Crippen molar-refractivity contribution < 1.29 is 15.3 Å². The van der Waals surface area contributed by atoms with E-state index in [0.717, 1.165) is 19.3 Å². The summed E-state index contributed by atoms with van der Waals surface area (Å²) in [5.74, 6) is 9.82. The number of aliphatic hydroxyl groups excluding tert-OH is 3. The van der Waals surface area contributed by atoms with Gasteiger partial charge in [0.2, 0.25) is 0 Å². The van der Waals surface area contributed by atoms with Crippen LogP contribution >= 0.6 is 0 Å². The Hall–Kier alpha value is -1.00. The van der Waals surface area contributed by atoms with Crippen molar-refractivity contribution in [3.05, 3.63) is 0 Å². The van der Waals surface area contributed by atoms with Crippen molar-refractivity contribution in [1.82, 2.24) is 0 Å². The third kappa shape index (κ3) is 8.32. The van der Waals surface area contributed by atoms with Crippen molar-refractivity contribution in [3.63, 3.8) is 0 Å². The fourth-order valence-electron chi connectivity index (χ4n) is 1.01. The second kappa shape index (κ2) is 9.24. The largest absolute Gasteiger partial charge is 0.390 e. The lowest BCUT2D eigenvalue weighted by molar-refractivity contribution is 0.0678. The molecule has 0 aliphatic heterocycles. The third-order valence-corrected chi connectivity index (χ3v) is 2.06. The monoisotopic (exact) mass is 224 g/mol. The smallest absolute Gasteiger partial charge is 0.141 e. The first-order chi connectivity index (χ1) is 7.57. The molecule has 0 aromatic rings. The Morgan fingerprint density at radius 1 is 1.00 bits per heavy atom. The molecule has 3 atom stereocenters. The summed E-state index contributed by atoms with van der Waals surface area (Å²) in [6, 6.07) is 0. The molecule has 0 amide bonds. The van der Waals surface area contributed by atoms with Crippen LogP contribution in [-0.2, 0) is 0 Å². The van der Waals surface area contributed by atoms with Gasteiger partial charge in [-0.05, 0) is 31.6 Å². The van der Waals surface area contributed by atoms with E-state index in [1.807, 2.05) is 0 Å². The van der Waals surface area contributed by atoms with Gasteiger partial charge >= 0.3 is 0 Å².